The van der Waals surface area contributed by atoms with Crippen LogP contribution in [0.1, 0.15) is 43.9 Å². The van der Waals surface area contributed by atoms with E-state index in [1.54, 1.807) is 18.2 Å². The fourth-order valence-corrected chi connectivity index (χ4v) is 3.07. The number of carbonyl (C=O) groups is 2. The molecule has 0 saturated heterocycles. The maximum absolute atomic E-state index is 12.9. The molecule has 0 saturated carbocycles. The molecule has 0 fully saturated rings. The van der Waals surface area contributed by atoms with Crippen LogP contribution in [-0.2, 0) is 11.3 Å². The van der Waals surface area contributed by atoms with Gasteiger partial charge in [0.1, 0.15) is 11.9 Å². The summed E-state index contributed by atoms with van der Waals surface area (Å²) >= 11 is 6.18. The number of hydrogen-bond donors (Lipinski definition) is 3. The molecule has 28 heavy (non-hydrogen) atoms. The fraction of sp³-hybridized carbons (Fsp3) is 0.333. The third kappa shape index (κ3) is 6.53. The minimum absolute atomic E-state index is 0.239. The Bertz CT molecular complexity index is 798. The average molecular weight is 406 g/mol. The van der Waals surface area contributed by atoms with Gasteiger partial charge in [0.2, 0.25) is 5.91 Å². The zero-order chi connectivity index (χ0) is 20.5. The molecule has 0 bridgehead atoms. The average Bonchev–Trinajstić information content (AvgIpc) is 2.67. The minimum atomic E-state index is -0.664. The van der Waals surface area contributed by atoms with Crippen LogP contribution in [0.15, 0.2) is 48.5 Å². The Morgan fingerprint density at radius 2 is 1.75 bits per heavy atom. The maximum Gasteiger partial charge on any atom is 0.315 e. The van der Waals surface area contributed by atoms with Crippen LogP contribution in [0.2, 0.25) is 5.02 Å². The van der Waals surface area contributed by atoms with E-state index in [-0.39, 0.29) is 24.3 Å². The Morgan fingerprint density at radius 3 is 2.39 bits per heavy atom. The normalized spacial score (nSPS) is 12.7. The topological polar surface area (TPSA) is 70.2 Å². The predicted molar refractivity (Wildman–Crippen MR) is 108 cm³/mol. The second kappa shape index (κ2) is 10.7. The summed E-state index contributed by atoms with van der Waals surface area (Å²) in [6, 6.07) is 11.7. The van der Waals surface area contributed by atoms with E-state index in [1.165, 1.54) is 12.1 Å². The van der Waals surface area contributed by atoms with Crippen molar-refractivity contribution in [3.05, 3.63) is 70.5 Å². The second-order valence-corrected chi connectivity index (χ2v) is 6.95. The molecule has 150 valence electrons. The third-order valence-electron chi connectivity index (χ3n) is 4.30. The summed E-state index contributed by atoms with van der Waals surface area (Å²) < 4.78 is 12.9. The Hall–Kier alpha value is -2.60. The molecule has 0 radical (unpaired) electrons. The van der Waals surface area contributed by atoms with Crippen LogP contribution in [0.5, 0.6) is 0 Å². The van der Waals surface area contributed by atoms with E-state index >= 15 is 0 Å². The van der Waals surface area contributed by atoms with E-state index in [1.807, 2.05) is 32.0 Å². The van der Waals surface area contributed by atoms with Crippen molar-refractivity contribution < 1.29 is 14.0 Å². The van der Waals surface area contributed by atoms with Crippen LogP contribution in [0.25, 0.3) is 0 Å². The molecular weight excluding hydrogens is 381 g/mol. The zero-order valence-electron chi connectivity index (χ0n) is 16.0. The largest absolute Gasteiger partial charge is 0.348 e. The number of carbonyl (C=O) groups excluding carboxylic acids is 2. The number of rotatable bonds is 8. The molecule has 0 aliphatic carbocycles. The van der Waals surface area contributed by atoms with Crippen LogP contribution < -0.4 is 16.0 Å². The molecule has 2 aromatic rings. The van der Waals surface area contributed by atoms with Crippen molar-refractivity contribution in [2.75, 3.05) is 0 Å². The van der Waals surface area contributed by atoms with Crippen LogP contribution in [0, 0.1) is 5.82 Å². The number of urea groups is 1. The minimum Gasteiger partial charge on any atom is -0.348 e. The molecule has 0 aliphatic heterocycles. The molecule has 0 aliphatic rings. The van der Waals surface area contributed by atoms with Crippen molar-refractivity contribution in [2.24, 2.45) is 0 Å². The van der Waals surface area contributed by atoms with E-state index in [4.69, 9.17) is 11.6 Å². The molecule has 0 spiro atoms. The summed E-state index contributed by atoms with van der Waals surface area (Å²) in [6.45, 7) is 4.02. The first-order chi connectivity index (χ1) is 13.4. The van der Waals surface area contributed by atoms with Crippen LogP contribution in [0.3, 0.4) is 0 Å². The van der Waals surface area contributed by atoms with Gasteiger partial charge in [-0.05, 0) is 42.7 Å². The maximum atomic E-state index is 12.9. The monoisotopic (exact) mass is 405 g/mol. The van der Waals surface area contributed by atoms with E-state index in [0.717, 1.165) is 17.5 Å². The Labute approximate surface area is 169 Å². The van der Waals surface area contributed by atoms with Crippen LogP contribution in [-0.4, -0.2) is 18.0 Å². The summed E-state index contributed by atoms with van der Waals surface area (Å²) in [5.41, 5.74) is 1.58. The van der Waals surface area contributed by atoms with Gasteiger partial charge in [-0.25, -0.2) is 9.18 Å². The van der Waals surface area contributed by atoms with Gasteiger partial charge in [0, 0.05) is 11.6 Å². The van der Waals surface area contributed by atoms with E-state index < -0.39 is 12.1 Å². The third-order valence-corrected chi connectivity index (χ3v) is 4.64. The quantitative estimate of drug-likeness (QED) is 0.612. The van der Waals surface area contributed by atoms with Gasteiger partial charge in [-0.15, -0.1) is 0 Å². The first kappa shape index (κ1) is 21.7. The Balaban J connectivity index is 1.91. The number of hydrogen-bond acceptors (Lipinski definition) is 2. The van der Waals surface area contributed by atoms with Crippen molar-refractivity contribution in [2.45, 2.75) is 45.3 Å². The smallest absolute Gasteiger partial charge is 0.315 e. The predicted octanol–water partition coefficient (Wildman–Crippen LogP) is 4.32. The molecule has 5 nitrogen and oxygen atoms in total. The van der Waals surface area contributed by atoms with E-state index in [9.17, 15) is 14.0 Å². The second-order valence-electron chi connectivity index (χ2n) is 6.55. The Morgan fingerprint density at radius 1 is 1.07 bits per heavy atom. The standard InChI is InChI=1S/C21H25ClFN3O2/c1-3-6-19(20(27)25-14(2)17-7-4-5-8-18(17)22)26-21(28)24-13-15-9-11-16(23)12-10-15/h4-5,7-12,14,19H,3,6,13H2,1-2H3,(H,25,27)(H2,24,26,28)/t14-,19+/m1/s1. The van der Waals surface area contributed by atoms with Gasteiger partial charge in [0.15, 0.2) is 0 Å². The molecular formula is C21H25ClFN3O2. The van der Waals surface area contributed by atoms with Gasteiger partial charge in [-0.3, -0.25) is 4.79 Å². The van der Waals surface area contributed by atoms with Crippen LogP contribution >= 0.6 is 11.6 Å². The van der Waals surface area contributed by atoms with Crippen molar-refractivity contribution in [1.82, 2.24) is 16.0 Å². The van der Waals surface area contributed by atoms with E-state index in [0.29, 0.717) is 11.4 Å². The molecule has 0 aromatic heterocycles. The highest BCUT2D eigenvalue weighted by atomic mass is 35.5. The van der Waals surface area contributed by atoms with Gasteiger partial charge < -0.3 is 16.0 Å². The molecule has 0 heterocycles. The van der Waals surface area contributed by atoms with Gasteiger partial charge in [0.25, 0.3) is 0 Å². The molecule has 2 aromatic carbocycles. The molecule has 2 rings (SSSR count). The molecule has 3 amide bonds. The van der Waals surface area contributed by atoms with Crippen molar-refractivity contribution in [1.29, 1.82) is 0 Å². The molecule has 7 heteroatoms. The summed E-state index contributed by atoms with van der Waals surface area (Å²) in [4.78, 5) is 24.8. The number of nitrogens with one attached hydrogen (secondary N) is 3. The van der Waals surface area contributed by atoms with Crippen molar-refractivity contribution in [3.63, 3.8) is 0 Å². The van der Waals surface area contributed by atoms with Crippen molar-refractivity contribution in [3.8, 4) is 0 Å². The highest BCUT2D eigenvalue weighted by Gasteiger charge is 2.22. The first-order valence-electron chi connectivity index (χ1n) is 9.24. The molecule has 2 atom stereocenters. The number of halogens is 2. The fourth-order valence-electron chi connectivity index (χ4n) is 2.77. The molecule has 0 unspecified atom stereocenters. The lowest BCUT2D eigenvalue weighted by molar-refractivity contribution is -0.123. The summed E-state index contributed by atoms with van der Waals surface area (Å²) in [6.07, 6.45) is 1.24. The zero-order valence-corrected chi connectivity index (χ0v) is 16.7. The molecule has 3 N–H and O–H groups in total. The van der Waals surface area contributed by atoms with Crippen LogP contribution in [0.4, 0.5) is 9.18 Å². The lowest BCUT2D eigenvalue weighted by atomic mass is 10.1. The van der Waals surface area contributed by atoms with Gasteiger partial charge >= 0.3 is 6.03 Å². The lowest BCUT2D eigenvalue weighted by Gasteiger charge is -2.22. The summed E-state index contributed by atoms with van der Waals surface area (Å²) in [5.74, 6) is -0.605. The number of amides is 3. The summed E-state index contributed by atoms with van der Waals surface area (Å²) in [7, 11) is 0. The van der Waals surface area contributed by atoms with Crippen molar-refractivity contribution >= 4 is 23.5 Å². The SMILES string of the molecule is CCC[C@H](NC(=O)NCc1ccc(F)cc1)C(=O)N[C@H](C)c1ccccc1Cl. The van der Waals surface area contributed by atoms with Gasteiger partial charge in [-0.1, -0.05) is 55.3 Å². The lowest BCUT2D eigenvalue weighted by Crippen LogP contribution is -2.50. The summed E-state index contributed by atoms with van der Waals surface area (Å²) in [5, 5.41) is 8.86. The van der Waals surface area contributed by atoms with Gasteiger partial charge in [0.05, 0.1) is 6.04 Å². The highest BCUT2D eigenvalue weighted by Crippen LogP contribution is 2.22. The number of benzene rings is 2. The van der Waals surface area contributed by atoms with E-state index in [2.05, 4.69) is 16.0 Å². The highest BCUT2D eigenvalue weighted by molar-refractivity contribution is 6.31. The first-order valence-corrected chi connectivity index (χ1v) is 9.62. The van der Waals surface area contributed by atoms with Gasteiger partial charge in [-0.2, -0.15) is 0 Å². The Kier molecular flexibility index (Phi) is 8.26.